The van der Waals surface area contributed by atoms with Gasteiger partial charge in [0.2, 0.25) is 11.4 Å². The molecule has 2 heterocycles. The average Bonchev–Trinajstić information content (AvgIpc) is 2.78. The minimum Gasteiger partial charge on any atom is -0.383 e. The Morgan fingerprint density at radius 2 is 1.38 bits per heavy atom. The van der Waals surface area contributed by atoms with E-state index < -0.39 is 16.8 Å². The van der Waals surface area contributed by atoms with Gasteiger partial charge in [-0.05, 0) is 24.1 Å². The van der Waals surface area contributed by atoms with E-state index in [1.165, 1.54) is 0 Å². The van der Waals surface area contributed by atoms with Crippen LogP contribution in [-0.2, 0) is 26.0 Å². The molecule has 2 aliphatic heterocycles. The van der Waals surface area contributed by atoms with Crippen LogP contribution in [0, 0.1) is 5.41 Å². The molecule has 29 heavy (non-hydrogen) atoms. The van der Waals surface area contributed by atoms with Crippen molar-refractivity contribution in [1.82, 2.24) is 0 Å². The van der Waals surface area contributed by atoms with E-state index in [1.54, 1.807) is 19.1 Å². The maximum Gasteiger partial charge on any atom is 0.241 e. The SMILES string of the molecule is CC12CNc3ccccc3C1(O)OOC(c1ccccc1)(c1ccccc1)C2=O. The molecule has 146 valence electrons. The molecule has 3 aromatic carbocycles. The predicted octanol–water partition coefficient (Wildman–Crippen LogP) is 3.74. The van der Waals surface area contributed by atoms with Crippen molar-refractivity contribution in [2.45, 2.75) is 18.3 Å². The highest BCUT2D eigenvalue weighted by molar-refractivity contribution is 5.99. The first-order valence-corrected chi connectivity index (χ1v) is 9.61. The number of fused-ring (bicyclic) bond motifs is 3. The van der Waals surface area contributed by atoms with Crippen molar-refractivity contribution < 1.29 is 19.7 Å². The molecule has 2 unspecified atom stereocenters. The van der Waals surface area contributed by atoms with Crippen molar-refractivity contribution in [2.24, 2.45) is 5.41 Å². The number of para-hydroxylation sites is 1. The summed E-state index contributed by atoms with van der Waals surface area (Å²) in [5, 5.41) is 14.9. The average molecular weight is 387 g/mol. The van der Waals surface area contributed by atoms with Crippen molar-refractivity contribution >= 4 is 11.5 Å². The number of benzene rings is 3. The highest BCUT2D eigenvalue weighted by atomic mass is 17.2. The van der Waals surface area contributed by atoms with E-state index in [-0.39, 0.29) is 12.3 Å². The molecule has 2 N–H and O–H groups in total. The number of nitrogens with one attached hydrogen (secondary N) is 1. The Morgan fingerprint density at radius 3 is 2.00 bits per heavy atom. The van der Waals surface area contributed by atoms with Gasteiger partial charge in [-0.3, -0.25) is 4.79 Å². The number of Topliss-reactive ketones (excluding diaryl/α,β-unsaturated/α-hetero) is 1. The number of carbonyl (C=O) groups excluding carboxylic acids is 1. The van der Waals surface area contributed by atoms with Crippen LogP contribution in [0.2, 0.25) is 0 Å². The maximum atomic E-state index is 14.2. The van der Waals surface area contributed by atoms with Gasteiger partial charge in [-0.25, -0.2) is 4.89 Å². The quantitative estimate of drug-likeness (QED) is 0.656. The van der Waals surface area contributed by atoms with E-state index in [1.807, 2.05) is 72.8 Å². The molecular formula is C24H21NO4. The van der Waals surface area contributed by atoms with Crippen LogP contribution in [-0.4, -0.2) is 17.4 Å². The molecule has 5 nitrogen and oxygen atoms in total. The van der Waals surface area contributed by atoms with Crippen LogP contribution < -0.4 is 5.32 Å². The predicted molar refractivity (Wildman–Crippen MR) is 108 cm³/mol. The van der Waals surface area contributed by atoms with Crippen LogP contribution >= 0.6 is 0 Å². The summed E-state index contributed by atoms with van der Waals surface area (Å²) in [5.41, 5.74) is -0.271. The molecule has 0 radical (unpaired) electrons. The van der Waals surface area contributed by atoms with Gasteiger partial charge in [0.05, 0.1) is 0 Å². The van der Waals surface area contributed by atoms with Gasteiger partial charge < -0.3 is 10.4 Å². The fourth-order valence-electron chi connectivity index (χ4n) is 4.41. The van der Waals surface area contributed by atoms with Crippen LogP contribution in [0.1, 0.15) is 23.6 Å². The van der Waals surface area contributed by atoms with Crippen LogP contribution in [0.25, 0.3) is 0 Å². The van der Waals surface area contributed by atoms with Crippen LogP contribution in [0.5, 0.6) is 0 Å². The lowest BCUT2D eigenvalue weighted by Crippen LogP contribution is -2.67. The topological polar surface area (TPSA) is 67.8 Å². The second-order valence-electron chi connectivity index (χ2n) is 7.78. The molecule has 1 fully saturated rings. The molecule has 0 bridgehead atoms. The normalized spacial score (nSPS) is 27.4. The lowest BCUT2D eigenvalue weighted by Gasteiger charge is -2.54. The third kappa shape index (κ3) is 2.29. The number of hydrogen-bond donors (Lipinski definition) is 2. The molecule has 0 spiro atoms. The summed E-state index contributed by atoms with van der Waals surface area (Å²) >= 11 is 0. The minimum absolute atomic E-state index is 0.212. The standard InChI is InChI=1S/C24H21NO4/c1-22-16-25-20-15-9-8-14-19(20)24(22,27)29-28-23(21(22)26,17-10-4-2-5-11-17)18-12-6-3-7-13-18/h2-15,25,27H,16H2,1H3. The minimum atomic E-state index is -1.90. The van der Waals surface area contributed by atoms with E-state index >= 15 is 0 Å². The van der Waals surface area contributed by atoms with E-state index in [4.69, 9.17) is 9.78 Å². The number of anilines is 1. The molecule has 3 aromatic rings. The summed E-state index contributed by atoms with van der Waals surface area (Å²) < 4.78 is 0. The van der Waals surface area contributed by atoms with E-state index in [0.717, 1.165) is 5.69 Å². The Morgan fingerprint density at radius 1 is 0.828 bits per heavy atom. The van der Waals surface area contributed by atoms with E-state index in [0.29, 0.717) is 16.7 Å². The summed E-state index contributed by atoms with van der Waals surface area (Å²) in [6.07, 6.45) is 0. The van der Waals surface area contributed by atoms with Gasteiger partial charge >= 0.3 is 0 Å². The highest BCUT2D eigenvalue weighted by Gasteiger charge is 2.69. The molecule has 2 atom stereocenters. The first-order chi connectivity index (χ1) is 14.0. The largest absolute Gasteiger partial charge is 0.383 e. The number of aliphatic hydroxyl groups is 1. The van der Waals surface area contributed by atoms with Crippen molar-refractivity contribution in [3.8, 4) is 0 Å². The molecule has 1 saturated heterocycles. The first kappa shape index (κ1) is 18.1. The van der Waals surface area contributed by atoms with Gasteiger partial charge in [-0.2, -0.15) is 4.89 Å². The number of ketones is 1. The van der Waals surface area contributed by atoms with Crippen molar-refractivity contribution in [2.75, 3.05) is 11.9 Å². The zero-order chi connectivity index (χ0) is 20.1. The van der Waals surface area contributed by atoms with Gasteiger partial charge in [0.1, 0.15) is 5.41 Å². The zero-order valence-electron chi connectivity index (χ0n) is 16.0. The monoisotopic (exact) mass is 387 g/mol. The van der Waals surface area contributed by atoms with Crippen LogP contribution in [0.3, 0.4) is 0 Å². The molecule has 0 aromatic heterocycles. The van der Waals surface area contributed by atoms with Crippen LogP contribution in [0.4, 0.5) is 5.69 Å². The third-order valence-electron chi connectivity index (χ3n) is 6.14. The lowest BCUT2D eigenvalue weighted by molar-refractivity contribution is -0.496. The van der Waals surface area contributed by atoms with Crippen molar-refractivity contribution in [3.05, 3.63) is 102 Å². The van der Waals surface area contributed by atoms with Crippen LogP contribution in [0.15, 0.2) is 84.9 Å². The highest BCUT2D eigenvalue weighted by Crippen LogP contribution is 2.56. The Kier molecular flexibility index (Phi) is 3.90. The Labute approximate surface area is 168 Å². The Hall–Kier alpha value is -2.99. The first-order valence-electron chi connectivity index (χ1n) is 9.61. The van der Waals surface area contributed by atoms with Gasteiger partial charge in [0.15, 0.2) is 5.78 Å². The van der Waals surface area contributed by atoms with Crippen molar-refractivity contribution in [1.29, 1.82) is 0 Å². The summed E-state index contributed by atoms with van der Waals surface area (Å²) in [6.45, 7) is 1.94. The van der Waals surface area contributed by atoms with E-state index in [9.17, 15) is 9.90 Å². The summed E-state index contributed by atoms with van der Waals surface area (Å²) in [5.74, 6) is -2.17. The summed E-state index contributed by atoms with van der Waals surface area (Å²) in [6, 6.07) is 25.8. The maximum absolute atomic E-state index is 14.2. The molecule has 5 heteroatoms. The molecule has 2 aliphatic rings. The molecule has 0 amide bonds. The van der Waals surface area contributed by atoms with Gasteiger partial charge in [-0.1, -0.05) is 78.9 Å². The van der Waals surface area contributed by atoms with Gasteiger partial charge in [-0.15, -0.1) is 0 Å². The Balaban J connectivity index is 1.73. The molecule has 5 rings (SSSR count). The van der Waals surface area contributed by atoms with Gasteiger partial charge in [0, 0.05) is 17.8 Å². The molecular weight excluding hydrogens is 366 g/mol. The summed E-state index contributed by atoms with van der Waals surface area (Å²) in [4.78, 5) is 25.9. The zero-order valence-corrected chi connectivity index (χ0v) is 16.0. The number of rotatable bonds is 2. The second kappa shape index (κ2) is 6.26. The summed E-state index contributed by atoms with van der Waals surface area (Å²) in [7, 11) is 0. The lowest BCUT2D eigenvalue weighted by atomic mass is 9.63. The third-order valence-corrected chi connectivity index (χ3v) is 6.14. The number of hydrogen-bond acceptors (Lipinski definition) is 5. The fourth-order valence-corrected chi connectivity index (χ4v) is 4.41. The van der Waals surface area contributed by atoms with Gasteiger partial charge in [0.25, 0.3) is 0 Å². The molecule has 0 aliphatic carbocycles. The Bertz CT molecular complexity index is 1030. The number of carbonyl (C=O) groups is 1. The molecule has 0 saturated carbocycles. The van der Waals surface area contributed by atoms with Crippen molar-refractivity contribution in [3.63, 3.8) is 0 Å². The smallest absolute Gasteiger partial charge is 0.241 e. The fraction of sp³-hybridized carbons (Fsp3) is 0.208. The second-order valence-corrected chi connectivity index (χ2v) is 7.78. The van der Waals surface area contributed by atoms with E-state index in [2.05, 4.69) is 5.32 Å².